The highest BCUT2D eigenvalue weighted by molar-refractivity contribution is 5.92. The number of aromatic nitrogens is 3. The predicted molar refractivity (Wildman–Crippen MR) is 114 cm³/mol. The van der Waals surface area contributed by atoms with Crippen LogP contribution in [0, 0.1) is 13.8 Å². The molecule has 160 valence electrons. The van der Waals surface area contributed by atoms with Crippen molar-refractivity contribution in [2.24, 2.45) is 0 Å². The number of esters is 1. The first kappa shape index (κ1) is 20.6. The van der Waals surface area contributed by atoms with Crippen molar-refractivity contribution in [3.05, 3.63) is 65.4 Å². The highest BCUT2D eigenvalue weighted by Gasteiger charge is 2.17. The Balaban J connectivity index is 1.38. The molecule has 0 saturated carbocycles. The zero-order valence-electron chi connectivity index (χ0n) is 17.8. The molecule has 0 bridgehead atoms. The lowest BCUT2D eigenvalue weighted by Crippen LogP contribution is -2.30. The standard InChI is InChI=1S/C23H24N4O4/c1-15-18(16(2)27-23(24-15)19-8-4-5-9-20(19)25-27)10-11-22(29)31-14-21(28)26(3)13-17-7-6-12-30-17/h4-9,12H,10-11,13-14H2,1-3H3. The first-order valence-electron chi connectivity index (χ1n) is 10.1. The van der Waals surface area contributed by atoms with E-state index in [1.807, 2.05) is 42.6 Å². The Morgan fingerprint density at radius 2 is 1.97 bits per heavy atom. The van der Waals surface area contributed by atoms with Crippen molar-refractivity contribution in [2.75, 3.05) is 13.7 Å². The lowest BCUT2D eigenvalue weighted by atomic mass is 10.1. The van der Waals surface area contributed by atoms with E-state index in [1.165, 1.54) is 4.90 Å². The third kappa shape index (κ3) is 4.28. The molecule has 0 spiro atoms. The van der Waals surface area contributed by atoms with Gasteiger partial charge in [0, 0.05) is 30.2 Å². The molecule has 4 rings (SSSR count). The largest absolute Gasteiger partial charge is 0.467 e. The van der Waals surface area contributed by atoms with Crippen LogP contribution >= 0.6 is 0 Å². The molecule has 0 N–H and O–H groups in total. The molecule has 0 radical (unpaired) electrons. The number of rotatable bonds is 7. The molecule has 4 aromatic rings. The Bertz CT molecular complexity index is 1240. The van der Waals surface area contributed by atoms with Crippen LogP contribution in [0.15, 0.2) is 47.1 Å². The molecular formula is C23H24N4O4. The molecule has 1 amide bonds. The summed E-state index contributed by atoms with van der Waals surface area (Å²) in [4.78, 5) is 30.6. The van der Waals surface area contributed by atoms with E-state index in [1.54, 1.807) is 25.4 Å². The van der Waals surface area contributed by atoms with E-state index in [4.69, 9.17) is 14.1 Å². The second-order valence-corrected chi connectivity index (χ2v) is 7.50. The van der Waals surface area contributed by atoms with E-state index in [-0.39, 0.29) is 18.9 Å². The molecule has 0 saturated heterocycles. The predicted octanol–water partition coefficient (Wildman–Crippen LogP) is 3.23. The lowest BCUT2D eigenvalue weighted by molar-refractivity contribution is -0.151. The molecule has 1 aromatic carbocycles. The Labute approximate surface area is 179 Å². The van der Waals surface area contributed by atoms with Gasteiger partial charge in [0.05, 0.1) is 18.3 Å². The zero-order valence-corrected chi connectivity index (χ0v) is 17.8. The number of benzene rings is 1. The topological polar surface area (TPSA) is 89.9 Å². The van der Waals surface area contributed by atoms with Gasteiger partial charge in [-0.2, -0.15) is 5.10 Å². The van der Waals surface area contributed by atoms with Gasteiger partial charge in [0.15, 0.2) is 12.3 Å². The fourth-order valence-corrected chi connectivity index (χ4v) is 3.61. The van der Waals surface area contributed by atoms with Gasteiger partial charge in [-0.05, 0) is 50.1 Å². The molecule has 8 heteroatoms. The molecule has 0 aliphatic rings. The third-order valence-electron chi connectivity index (χ3n) is 5.35. The second kappa shape index (κ2) is 8.59. The number of amides is 1. The summed E-state index contributed by atoms with van der Waals surface area (Å²) in [7, 11) is 1.64. The summed E-state index contributed by atoms with van der Waals surface area (Å²) >= 11 is 0. The number of carbonyl (C=O) groups is 2. The number of nitrogens with zero attached hydrogens (tertiary/aromatic N) is 4. The van der Waals surface area contributed by atoms with Crippen molar-refractivity contribution >= 4 is 28.4 Å². The summed E-state index contributed by atoms with van der Waals surface area (Å²) in [5.41, 5.74) is 4.45. The molecule has 0 aliphatic carbocycles. The smallest absolute Gasteiger partial charge is 0.306 e. The van der Waals surface area contributed by atoms with Gasteiger partial charge < -0.3 is 14.1 Å². The van der Waals surface area contributed by atoms with Crippen molar-refractivity contribution in [3.63, 3.8) is 0 Å². The molecule has 3 aromatic heterocycles. The van der Waals surface area contributed by atoms with Crippen molar-refractivity contribution in [1.29, 1.82) is 0 Å². The minimum atomic E-state index is -0.427. The number of fused-ring (bicyclic) bond motifs is 3. The Hall–Kier alpha value is -3.68. The first-order chi connectivity index (χ1) is 14.9. The van der Waals surface area contributed by atoms with Crippen LogP contribution in [0.25, 0.3) is 16.6 Å². The van der Waals surface area contributed by atoms with Gasteiger partial charge in [-0.15, -0.1) is 0 Å². The van der Waals surface area contributed by atoms with Gasteiger partial charge in [-0.3, -0.25) is 9.59 Å². The average Bonchev–Trinajstić information content (AvgIpc) is 3.39. The van der Waals surface area contributed by atoms with Crippen LogP contribution in [-0.2, 0) is 27.3 Å². The van der Waals surface area contributed by atoms with Gasteiger partial charge in [0.2, 0.25) is 0 Å². The quantitative estimate of drug-likeness (QED) is 0.427. The molecule has 0 unspecified atom stereocenters. The number of aryl methyl sites for hydroxylation is 2. The summed E-state index contributed by atoms with van der Waals surface area (Å²) < 4.78 is 12.2. The number of hydrogen-bond donors (Lipinski definition) is 0. The summed E-state index contributed by atoms with van der Waals surface area (Å²) in [6.45, 7) is 3.94. The maximum atomic E-state index is 12.2. The van der Waals surface area contributed by atoms with E-state index in [9.17, 15) is 9.59 Å². The fraction of sp³-hybridized carbons (Fsp3) is 0.304. The van der Waals surface area contributed by atoms with Crippen molar-refractivity contribution in [1.82, 2.24) is 19.5 Å². The first-order valence-corrected chi connectivity index (χ1v) is 10.1. The SMILES string of the molecule is Cc1nc2c3ccccc3nn2c(C)c1CCC(=O)OCC(=O)N(C)Cc1ccco1. The molecule has 3 heterocycles. The van der Waals surface area contributed by atoms with Crippen LogP contribution in [0.4, 0.5) is 0 Å². The molecule has 0 aliphatic heterocycles. The Kier molecular flexibility index (Phi) is 5.70. The summed E-state index contributed by atoms with van der Waals surface area (Å²) in [5, 5.41) is 5.63. The number of furan rings is 1. The van der Waals surface area contributed by atoms with Crippen molar-refractivity contribution in [2.45, 2.75) is 33.2 Å². The van der Waals surface area contributed by atoms with Crippen LogP contribution in [-0.4, -0.2) is 45.0 Å². The van der Waals surface area contributed by atoms with E-state index in [2.05, 4.69) is 5.10 Å². The summed E-state index contributed by atoms with van der Waals surface area (Å²) in [6, 6.07) is 11.4. The lowest BCUT2D eigenvalue weighted by Gasteiger charge is -2.15. The zero-order chi connectivity index (χ0) is 22.0. The van der Waals surface area contributed by atoms with Gasteiger partial charge in [0.25, 0.3) is 5.91 Å². The third-order valence-corrected chi connectivity index (χ3v) is 5.35. The molecule has 0 fully saturated rings. The maximum absolute atomic E-state index is 12.2. The number of ether oxygens (including phenoxy) is 1. The van der Waals surface area contributed by atoms with Crippen LogP contribution < -0.4 is 0 Å². The second-order valence-electron chi connectivity index (χ2n) is 7.50. The minimum absolute atomic E-state index is 0.158. The Morgan fingerprint density at radius 3 is 2.74 bits per heavy atom. The monoisotopic (exact) mass is 420 g/mol. The number of likely N-dealkylation sites (N-methyl/N-ethyl adjacent to an activating group) is 1. The minimum Gasteiger partial charge on any atom is -0.467 e. The van der Waals surface area contributed by atoms with E-state index >= 15 is 0 Å². The molecule has 31 heavy (non-hydrogen) atoms. The number of carbonyl (C=O) groups excluding carboxylic acids is 2. The average molecular weight is 420 g/mol. The van der Waals surface area contributed by atoms with E-state index in [0.717, 1.165) is 33.5 Å². The highest BCUT2D eigenvalue weighted by Crippen LogP contribution is 2.23. The molecular weight excluding hydrogens is 396 g/mol. The molecule has 8 nitrogen and oxygen atoms in total. The van der Waals surface area contributed by atoms with Gasteiger partial charge in [0.1, 0.15) is 5.76 Å². The summed E-state index contributed by atoms with van der Waals surface area (Å²) in [6.07, 6.45) is 2.17. The van der Waals surface area contributed by atoms with Crippen molar-refractivity contribution in [3.8, 4) is 0 Å². The van der Waals surface area contributed by atoms with Crippen molar-refractivity contribution < 1.29 is 18.7 Å². The van der Waals surface area contributed by atoms with Gasteiger partial charge >= 0.3 is 5.97 Å². The van der Waals surface area contributed by atoms with Gasteiger partial charge in [-0.1, -0.05) is 12.1 Å². The van der Waals surface area contributed by atoms with E-state index in [0.29, 0.717) is 18.7 Å². The Morgan fingerprint density at radius 1 is 1.16 bits per heavy atom. The van der Waals surface area contributed by atoms with Gasteiger partial charge in [-0.25, -0.2) is 9.50 Å². The van der Waals surface area contributed by atoms with Crippen LogP contribution in [0.1, 0.15) is 29.1 Å². The van der Waals surface area contributed by atoms with Crippen LogP contribution in [0.2, 0.25) is 0 Å². The van der Waals surface area contributed by atoms with Crippen LogP contribution in [0.3, 0.4) is 0 Å². The molecule has 0 atom stereocenters. The fourth-order valence-electron chi connectivity index (χ4n) is 3.61. The highest BCUT2D eigenvalue weighted by atomic mass is 16.5. The maximum Gasteiger partial charge on any atom is 0.306 e. The number of hydrogen-bond acceptors (Lipinski definition) is 6. The van der Waals surface area contributed by atoms with Crippen LogP contribution in [0.5, 0.6) is 0 Å². The van der Waals surface area contributed by atoms with E-state index < -0.39 is 5.97 Å². The summed E-state index contributed by atoms with van der Waals surface area (Å²) in [5.74, 6) is -0.0463. The normalized spacial score (nSPS) is 11.2.